The zero-order valence-corrected chi connectivity index (χ0v) is 35.3. The van der Waals surface area contributed by atoms with E-state index in [2.05, 4.69) is 51.3 Å². The van der Waals surface area contributed by atoms with E-state index in [0.717, 1.165) is 89.6 Å². The van der Waals surface area contributed by atoms with Gasteiger partial charge in [0.25, 0.3) is 5.91 Å². The van der Waals surface area contributed by atoms with Crippen molar-refractivity contribution in [3.63, 3.8) is 0 Å². The minimum atomic E-state index is -0.698. The second kappa shape index (κ2) is 18.2. The molecule has 3 aromatic carbocycles. The van der Waals surface area contributed by atoms with E-state index in [1.165, 1.54) is 23.3 Å². The van der Waals surface area contributed by atoms with Crippen LogP contribution in [0, 0.1) is 12.8 Å². The van der Waals surface area contributed by atoms with Crippen molar-refractivity contribution in [3.05, 3.63) is 106 Å². The molecule has 0 saturated carbocycles. The van der Waals surface area contributed by atoms with Crippen LogP contribution >= 0.6 is 11.3 Å². The first kappa shape index (κ1) is 41.0. The lowest BCUT2D eigenvalue weighted by Crippen LogP contribution is -2.38. The number of rotatable bonds is 13. The molecule has 1 saturated heterocycles. The van der Waals surface area contributed by atoms with Crippen molar-refractivity contribution < 1.29 is 23.9 Å². The Bertz CT molecular complexity index is 2240. The third-order valence-corrected chi connectivity index (χ3v) is 12.2. The largest absolute Gasteiger partial charge is 0.465 e. The highest BCUT2D eigenvalue weighted by molar-refractivity contribution is 7.22. The average molecular weight is 802 g/mol. The first-order valence-electron chi connectivity index (χ1n) is 20.7. The van der Waals surface area contributed by atoms with E-state index in [0.29, 0.717) is 48.7 Å². The van der Waals surface area contributed by atoms with Crippen LogP contribution in [0.15, 0.2) is 72.8 Å². The van der Waals surface area contributed by atoms with Gasteiger partial charge in [0.1, 0.15) is 11.4 Å². The van der Waals surface area contributed by atoms with Crippen molar-refractivity contribution in [3.8, 4) is 11.1 Å². The van der Waals surface area contributed by atoms with Crippen molar-refractivity contribution >= 4 is 50.3 Å². The van der Waals surface area contributed by atoms with Crippen LogP contribution in [0.5, 0.6) is 0 Å². The molecule has 2 aliphatic heterocycles. The molecule has 0 unspecified atom stereocenters. The number of likely N-dealkylation sites (tertiary alicyclic amines) is 1. The summed E-state index contributed by atoms with van der Waals surface area (Å²) < 4.78 is 12.1. The summed E-state index contributed by atoms with van der Waals surface area (Å²) in [6, 6.07) is 24.1. The van der Waals surface area contributed by atoms with Crippen molar-refractivity contribution in [2.24, 2.45) is 5.92 Å². The molecule has 11 heteroatoms. The molecule has 4 heterocycles. The number of carbonyl (C=O) groups excluding carboxylic acids is 3. The summed E-state index contributed by atoms with van der Waals surface area (Å²) in [5.41, 5.74) is 7.26. The van der Waals surface area contributed by atoms with Crippen LogP contribution in [0.3, 0.4) is 0 Å². The monoisotopic (exact) mass is 801 g/mol. The molecular weight excluding hydrogens is 747 g/mol. The zero-order valence-electron chi connectivity index (χ0n) is 34.4. The van der Waals surface area contributed by atoms with Crippen LogP contribution in [0.1, 0.15) is 103 Å². The normalized spacial score (nSPS) is 14.9. The van der Waals surface area contributed by atoms with Crippen LogP contribution in [-0.2, 0) is 33.7 Å². The molecule has 0 bridgehead atoms. The van der Waals surface area contributed by atoms with Crippen LogP contribution in [0.2, 0.25) is 0 Å². The molecule has 7 rings (SSSR count). The number of carbonyl (C=O) groups is 3. The first-order chi connectivity index (χ1) is 28.0. The Morgan fingerprint density at radius 3 is 2.47 bits per heavy atom. The van der Waals surface area contributed by atoms with Gasteiger partial charge in [-0.1, -0.05) is 66.6 Å². The third-order valence-electron chi connectivity index (χ3n) is 11.2. The highest BCUT2D eigenvalue weighted by Gasteiger charge is 2.28. The number of fused-ring (bicyclic) bond motifs is 2. The maximum absolute atomic E-state index is 13.9. The summed E-state index contributed by atoms with van der Waals surface area (Å²) in [4.78, 5) is 53.5. The lowest BCUT2D eigenvalue weighted by Gasteiger charge is -2.31. The molecule has 10 nitrogen and oxygen atoms in total. The fourth-order valence-electron chi connectivity index (χ4n) is 8.22. The highest BCUT2D eigenvalue weighted by atomic mass is 32.1. The van der Waals surface area contributed by atoms with Gasteiger partial charge in [-0.25, -0.2) is 14.8 Å². The van der Waals surface area contributed by atoms with Gasteiger partial charge in [0, 0.05) is 24.2 Å². The smallest absolute Gasteiger partial charge is 0.358 e. The van der Waals surface area contributed by atoms with Crippen LogP contribution in [-0.4, -0.2) is 71.1 Å². The maximum Gasteiger partial charge on any atom is 0.358 e. The lowest BCUT2D eigenvalue weighted by molar-refractivity contribution is -0.144. The van der Waals surface area contributed by atoms with Crippen molar-refractivity contribution in [2.75, 3.05) is 43.0 Å². The first-order valence-corrected chi connectivity index (χ1v) is 21.5. The Hall–Kier alpha value is -5.13. The molecule has 304 valence electrons. The SMILES string of the molecule is CCOC(=O)CN1CCC(CCCCc2cccc(-c3ccc(N4CCc5cccc(C(=O)Nc6nc7ccccc7s6)c5C4)nc3C(=O)OC(C)(C)C)c2C)CC1. The van der Waals surface area contributed by atoms with E-state index in [-0.39, 0.29) is 17.6 Å². The molecule has 0 radical (unpaired) electrons. The summed E-state index contributed by atoms with van der Waals surface area (Å²) in [6.07, 6.45) is 7.36. The molecule has 0 aliphatic carbocycles. The number of nitrogens with zero attached hydrogens (tertiary/aromatic N) is 4. The molecule has 1 amide bonds. The van der Waals surface area contributed by atoms with Gasteiger partial charge in [-0.2, -0.15) is 0 Å². The third kappa shape index (κ3) is 9.93. The number of esters is 2. The predicted octanol–water partition coefficient (Wildman–Crippen LogP) is 9.42. The maximum atomic E-state index is 13.9. The number of pyridine rings is 1. The van der Waals surface area contributed by atoms with Crippen LogP contribution < -0.4 is 10.2 Å². The summed E-state index contributed by atoms with van der Waals surface area (Å²) in [5, 5.41) is 3.60. The minimum Gasteiger partial charge on any atom is -0.465 e. The van der Waals surface area contributed by atoms with E-state index >= 15 is 0 Å². The second-order valence-corrected chi connectivity index (χ2v) is 17.5. The Labute approximate surface area is 346 Å². The number of benzene rings is 3. The van der Waals surface area contributed by atoms with Gasteiger partial charge < -0.3 is 14.4 Å². The lowest BCUT2D eigenvalue weighted by atomic mass is 9.89. The van der Waals surface area contributed by atoms with Crippen LogP contribution in [0.25, 0.3) is 21.3 Å². The fraction of sp³-hybridized carbons (Fsp3) is 0.426. The summed E-state index contributed by atoms with van der Waals surface area (Å²) in [5.74, 6) is 0.566. The second-order valence-electron chi connectivity index (χ2n) is 16.5. The number of piperidine rings is 1. The number of amides is 1. The molecule has 0 spiro atoms. The fourth-order valence-corrected chi connectivity index (χ4v) is 9.08. The molecule has 58 heavy (non-hydrogen) atoms. The van der Waals surface area contributed by atoms with E-state index < -0.39 is 11.6 Å². The van der Waals surface area contributed by atoms with E-state index in [1.807, 2.05) is 76.2 Å². The van der Waals surface area contributed by atoms with Gasteiger partial charge in [0.05, 0.1) is 23.4 Å². The van der Waals surface area contributed by atoms with Gasteiger partial charge in [0.15, 0.2) is 10.8 Å². The zero-order chi connectivity index (χ0) is 40.8. The number of thiazole rings is 1. The standard InChI is InChI=1S/C47H55N5O5S/c1-6-56-42(53)30-51-26-23-32(24-27-51)13-7-8-14-33-15-11-17-35(31(33)2)36-21-22-41(49-43(36)45(55)57-47(3,4)5)52-28-25-34-16-12-18-37(38(34)29-52)44(54)50-46-48-39-19-9-10-20-40(39)58-46/h9-12,15-22,32H,6-8,13-14,23-30H2,1-5H3,(H,48,50,54). The Morgan fingerprint density at radius 2 is 1.69 bits per heavy atom. The molecule has 5 aromatic rings. The number of nitrogens with one attached hydrogen (secondary N) is 1. The molecule has 2 aliphatic rings. The van der Waals surface area contributed by atoms with Gasteiger partial charge in [-0.3, -0.25) is 19.8 Å². The number of aromatic nitrogens is 2. The molecule has 2 aromatic heterocycles. The van der Waals surface area contributed by atoms with Gasteiger partial charge >= 0.3 is 11.9 Å². The number of hydrogen-bond donors (Lipinski definition) is 1. The quantitative estimate of drug-likeness (QED) is 0.0919. The topological polar surface area (TPSA) is 114 Å². The van der Waals surface area contributed by atoms with Crippen molar-refractivity contribution in [1.29, 1.82) is 0 Å². The Balaban J connectivity index is 1.06. The van der Waals surface area contributed by atoms with Gasteiger partial charge in [-0.05, 0) is 144 Å². The van der Waals surface area contributed by atoms with Crippen molar-refractivity contribution in [1.82, 2.24) is 14.9 Å². The summed E-state index contributed by atoms with van der Waals surface area (Å²) in [7, 11) is 0. The van der Waals surface area contributed by atoms with E-state index in [1.54, 1.807) is 0 Å². The van der Waals surface area contributed by atoms with Crippen molar-refractivity contribution in [2.45, 2.75) is 91.7 Å². The summed E-state index contributed by atoms with van der Waals surface area (Å²) >= 11 is 1.46. The number of ether oxygens (including phenoxy) is 2. The number of hydrogen-bond acceptors (Lipinski definition) is 10. The number of para-hydroxylation sites is 1. The number of aryl methyl sites for hydroxylation is 1. The van der Waals surface area contributed by atoms with E-state index in [9.17, 15) is 14.4 Å². The molecule has 1 fully saturated rings. The molecule has 1 N–H and O–H groups in total. The summed E-state index contributed by atoms with van der Waals surface area (Å²) in [6.45, 7) is 13.5. The minimum absolute atomic E-state index is 0.129. The number of unbranched alkanes of at least 4 members (excludes halogenated alkanes) is 1. The van der Waals surface area contributed by atoms with Crippen LogP contribution in [0.4, 0.5) is 10.9 Å². The average Bonchev–Trinajstić information content (AvgIpc) is 3.62. The predicted molar refractivity (Wildman–Crippen MR) is 232 cm³/mol. The Kier molecular flexibility index (Phi) is 12.9. The van der Waals surface area contributed by atoms with Gasteiger partial charge in [-0.15, -0.1) is 0 Å². The van der Waals surface area contributed by atoms with E-state index in [4.69, 9.17) is 14.5 Å². The Morgan fingerprint density at radius 1 is 0.897 bits per heavy atom. The molecule has 0 atom stereocenters. The highest BCUT2D eigenvalue weighted by Crippen LogP contribution is 2.34. The molecular formula is C47H55N5O5S. The van der Waals surface area contributed by atoms with Gasteiger partial charge in [0.2, 0.25) is 0 Å². The number of anilines is 2.